The van der Waals surface area contributed by atoms with Gasteiger partial charge >= 0.3 is 0 Å². The number of halogens is 2. The Balaban J connectivity index is 1.56. The van der Waals surface area contributed by atoms with E-state index < -0.39 is 5.82 Å². The first-order chi connectivity index (χ1) is 9.71. The molecule has 0 bridgehead atoms. The van der Waals surface area contributed by atoms with Gasteiger partial charge < -0.3 is 10.1 Å². The summed E-state index contributed by atoms with van der Waals surface area (Å²) in [5.74, 6) is 0.832. The second-order valence-corrected chi connectivity index (χ2v) is 6.46. The van der Waals surface area contributed by atoms with E-state index in [0.29, 0.717) is 11.8 Å². The van der Waals surface area contributed by atoms with E-state index in [1.165, 1.54) is 19.2 Å². The molecule has 4 nitrogen and oxygen atoms in total. The molecule has 0 radical (unpaired) electrons. The van der Waals surface area contributed by atoms with Crippen LogP contribution in [-0.2, 0) is 4.74 Å². The van der Waals surface area contributed by atoms with Crippen molar-refractivity contribution in [3.8, 4) is 0 Å². The Hall–Kier alpha value is -0.940. The van der Waals surface area contributed by atoms with E-state index in [4.69, 9.17) is 16.3 Å². The summed E-state index contributed by atoms with van der Waals surface area (Å²) in [6.07, 6.45) is 6.94. The number of rotatable bonds is 2. The minimum absolute atomic E-state index is 0.0587. The minimum Gasteiger partial charge on any atom is -0.374 e. The van der Waals surface area contributed by atoms with Gasteiger partial charge in [-0.15, -0.1) is 0 Å². The fourth-order valence-corrected chi connectivity index (χ4v) is 4.52. The van der Waals surface area contributed by atoms with Crippen LogP contribution in [0.25, 0.3) is 0 Å². The first kappa shape index (κ1) is 12.8. The van der Waals surface area contributed by atoms with Crippen LogP contribution in [0.15, 0.2) is 6.33 Å². The molecule has 20 heavy (non-hydrogen) atoms. The highest BCUT2D eigenvalue weighted by molar-refractivity contribution is 6.29. The number of nitrogens with zero attached hydrogens (tertiary/aromatic N) is 2. The van der Waals surface area contributed by atoms with Crippen LogP contribution in [0.1, 0.15) is 32.1 Å². The summed E-state index contributed by atoms with van der Waals surface area (Å²) in [6.45, 7) is 0.877. The zero-order valence-electron chi connectivity index (χ0n) is 11.1. The molecule has 108 valence electrons. The van der Waals surface area contributed by atoms with Crippen LogP contribution in [-0.4, -0.2) is 28.2 Å². The second-order valence-electron chi connectivity index (χ2n) is 6.10. The fourth-order valence-electron chi connectivity index (χ4n) is 4.39. The Labute approximate surface area is 122 Å². The van der Waals surface area contributed by atoms with Crippen molar-refractivity contribution in [1.82, 2.24) is 9.97 Å². The molecule has 3 fully saturated rings. The monoisotopic (exact) mass is 297 g/mol. The van der Waals surface area contributed by atoms with Crippen LogP contribution in [0, 0.1) is 17.7 Å². The van der Waals surface area contributed by atoms with Crippen molar-refractivity contribution in [3.05, 3.63) is 17.3 Å². The Morgan fingerprint density at radius 2 is 2.30 bits per heavy atom. The summed E-state index contributed by atoms with van der Waals surface area (Å²) in [6, 6.07) is 0.221. The predicted molar refractivity (Wildman–Crippen MR) is 73.2 cm³/mol. The summed E-state index contributed by atoms with van der Waals surface area (Å²) >= 11 is 5.71. The van der Waals surface area contributed by atoms with Crippen molar-refractivity contribution in [1.29, 1.82) is 0 Å². The van der Waals surface area contributed by atoms with Gasteiger partial charge in [-0.25, -0.2) is 9.97 Å². The van der Waals surface area contributed by atoms with Gasteiger partial charge in [0, 0.05) is 18.6 Å². The van der Waals surface area contributed by atoms with Crippen molar-refractivity contribution in [2.75, 3.05) is 11.9 Å². The van der Waals surface area contributed by atoms with Crippen LogP contribution < -0.4 is 5.32 Å². The molecule has 1 spiro atoms. The lowest BCUT2D eigenvalue weighted by atomic mass is 9.53. The largest absolute Gasteiger partial charge is 0.374 e. The predicted octanol–water partition coefficient (Wildman–Crippen LogP) is 3.03. The molecule has 0 amide bonds. The van der Waals surface area contributed by atoms with Crippen LogP contribution in [0.3, 0.4) is 0 Å². The lowest BCUT2D eigenvalue weighted by Gasteiger charge is -2.57. The summed E-state index contributed by atoms with van der Waals surface area (Å²) < 4.78 is 20.0. The third-order valence-electron chi connectivity index (χ3n) is 5.33. The van der Waals surface area contributed by atoms with Crippen molar-refractivity contribution in [3.63, 3.8) is 0 Å². The van der Waals surface area contributed by atoms with E-state index in [1.807, 2.05) is 0 Å². The highest BCUT2D eigenvalue weighted by atomic mass is 35.5. The van der Waals surface area contributed by atoms with Gasteiger partial charge in [0.25, 0.3) is 0 Å². The van der Waals surface area contributed by atoms with Gasteiger partial charge in [0.2, 0.25) is 5.82 Å². The van der Waals surface area contributed by atoms with Gasteiger partial charge in [-0.2, -0.15) is 4.39 Å². The molecule has 2 heterocycles. The number of aromatic nitrogens is 2. The van der Waals surface area contributed by atoms with Gasteiger partial charge in [0.1, 0.15) is 6.33 Å². The Morgan fingerprint density at radius 1 is 1.40 bits per heavy atom. The van der Waals surface area contributed by atoms with Crippen molar-refractivity contribution in [2.45, 2.75) is 43.7 Å². The van der Waals surface area contributed by atoms with Gasteiger partial charge in [0.05, 0.1) is 5.60 Å². The van der Waals surface area contributed by atoms with Gasteiger partial charge in [-0.3, -0.25) is 0 Å². The van der Waals surface area contributed by atoms with Crippen molar-refractivity contribution >= 4 is 17.4 Å². The van der Waals surface area contributed by atoms with Crippen LogP contribution in [0.4, 0.5) is 10.2 Å². The molecule has 1 aromatic heterocycles. The highest BCUT2D eigenvalue weighted by Gasteiger charge is 2.62. The van der Waals surface area contributed by atoms with Crippen molar-refractivity contribution < 1.29 is 9.13 Å². The van der Waals surface area contributed by atoms with Crippen molar-refractivity contribution in [2.24, 2.45) is 11.8 Å². The first-order valence-corrected chi connectivity index (χ1v) is 7.65. The summed E-state index contributed by atoms with van der Waals surface area (Å²) in [5, 5.41) is 3.11. The number of ether oxygens (including phenoxy) is 1. The normalized spacial score (nSPS) is 38.8. The van der Waals surface area contributed by atoms with Crippen LogP contribution >= 0.6 is 11.6 Å². The Kier molecular flexibility index (Phi) is 2.89. The van der Waals surface area contributed by atoms with E-state index in [2.05, 4.69) is 15.3 Å². The van der Waals surface area contributed by atoms with E-state index >= 15 is 0 Å². The van der Waals surface area contributed by atoms with E-state index in [9.17, 15) is 4.39 Å². The fraction of sp³-hybridized carbons (Fsp3) is 0.714. The zero-order chi connectivity index (χ0) is 13.7. The Bertz CT molecular complexity index is 543. The average Bonchev–Trinajstić information content (AvgIpc) is 2.70. The van der Waals surface area contributed by atoms with E-state index in [1.54, 1.807) is 0 Å². The lowest BCUT2D eigenvalue weighted by Crippen LogP contribution is -2.61. The standard InChI is InChI=1S/C14H17ClFN3O/c15-12-11(16)13(18-7-17-12)19-10-2-1-4-14-8(3-5-20-14)6-9(10)14/h7-10H,1-6H2,(H,17,18,19). The molecule has 4 atom stereocenters. The summed E-state index contributed by atoms with van der Waals surface area (Å²) in [4.78, 5) is 7.62. The number of nitrogens with one attached hydrogen (secondary N) is 1. The third kappa shape index (κ3) is 1.69. The second kappa shape index (κ2) is 4.53. The molecule has 3 aliphatic rings. The number of hydrogen-bond acceptors (Lipinski definition) is 4. The molecular formula is C14H17ClFN3O. The van der Waals surface area contributed by atoms with Crippen LogP contribution in [0.5, 0.6) is 0 Å². The van der Waals surface area contributed by atoms with Crippen LogP contribution in [0.2, 0.25) is 5.15 Å². The molecule has 1 aromatic rings. The van der Waals surface area contributed by atoms with Gasteiger partial charge in [0.15, 0.2) is 11.0 Å². The minimum atomic E-state index is -0.558. The molecule has 1 saturated heterocycles. The zero-order valence-corrected chi connectivity index (χ0v) is 11.9. The molecule has 6 heteroatoms. The lowest BCUT2D eigenvalue weighted by molar-refractivity contribution is -0.161. The summed E-state index contributed by atoms with van der Waals surface area (Å²) in [5.41, 5.74) is 0.0587. The third-order valence-corrected chi connectivity index (χ3v) is 5.60. The van der Waals surface area contributed by atoms with E-state index in [0.717, 1.165) is 25.9 Å². The highest BCUT2D eigenvalue weighted by Crippen LogP contribution is 2.59. The average molecular weight is 298 g/mol. The smallest absolute Gasteiger partial charge is 0.202 e. The SMILES string of the molecule is Fc1c(Cl)ncnc1NC1CCCC23OCCC2CC13. The maximum atomic E-state index is 13.9. The molecule has 4 rings (SSSR count). The molecule has 1 aliphatic heterocycles. The quantitative estimate of drug-likeness (QED) is 0.853. The molecule has 0 aromatic carbocycles. The maximum absolute atomic E-state index is 13.9. The first-order valence-electron chi connectivity index (χ1n) is 7.27. The molecule has 2 aliphatic carbocycles. The molecule has 2 saturated carbocycles. The van der Waals surface area contributed by atoms with E-state index in [-0.39, 0.29) is 22.6 Å². The topological polar surface area (TPSA) is 47.0 Å². The number of anilines is 1. The Morgan fingerprint density at radius 3 is 3.15 bits per heavy atom. The molecule has 1 N–H and O–H groups in total. The number of hydrogen-bond donors (Lipinski definition) is 1. The van der Waals surface area contributed by atoms with Gasteiger partial charge in [-0.1, -0.05) is 11.6 Å². The molecular weight excluding hydrogens is 281 g/mol. The summed E-state index contributed by atoms with van der Waals surface area (Å²) in [7, 11) is 0. The molecule has 4 unspecified atom stereocenters. The van der Waals surface area contributed by atoms with Gasteiger partial charge in [-0.05, 0) is 38.0 Å². The maximum Gasteiger partial charge on any atom is 0.202 e.